The number of hydrogen-bond donors (Lipinski definition) is 1. The Kier molecular flexibility index (Phi) is 3.88. The van der Waals surface area contributed by atoms with Crippen molar-refractivity contribution in [2.45, 2.75) is 11.8 Å². The van der Waals surface area contributed by atoms with E-state index in [1.54, 1.807) is 12.1 Å². The van der Waals surface area contributed by atoms with Gasteiger partial charge in [-0.15, -0.1) is 0 Å². The van der Waals surface area contributed by atoms with E-state index in [0.29, 0.717) is 11.3 Å². The third-order valence-corrected chi connectivity index (χ3v) is 4.97. The van der Waals surface area contributed by atoms with Crippen LogP contribution in [0.4, 0.5) is 5.69 Å². The highest BCUT2D eigenvalue weighted by molar-refractivity contribution is 7.92. The first kappa shape index (κ1) is 15.2. The number of carbonyl (C=O) groups excluding carboxylic acids is 1. The van der Waals surface area contributed by atoms with Crippen LogP contribution in [0, 0.1) is 0 Å². The molecule has 0 amide bonds. The Morgan fingerprint density at radius 3 is 2.17 bits per heavy atom. The maximum Gasteiger partial charge on any atom is 0.261 e. The van der Waals surface area contributed by atoms with Crippen LogP contribution < -0.4 is 4.72 Å². The smallest absolute Gasteiger partial charge is 0.261 e. The number of fused-ring (bicyclic) bond motifs is 1. The lowest BCUT2D eigenvalue weighted by Crippen LogP contribution is -2.13. The van der Waals surface area contributed by atoms with Crippen molar-refractivity contribution in [3.63, 3.8) is 0 Å². The molecular formula is C18H15NO3S. The van der Waals surface area contributed by atoms with Gasteiger partial charge >= 0.3 is 0 Å². The molecule has 0 saturated carbocycles. The molecule has 116 valence electrons. The number of benzene rings is 3. The van der Waals surface area contributed by atoms with Gasteiger partial charge in [0.2, 0.25) is 0 Å². The summed E-state index contributed by atoms with van der Waals surface area (Å²) in [6.07, 6.45) is 0. The van der Waals surface area contributed by atoms with E-state index in [1.807, 2.05) is 30.3 Å². The molecule has 5 heteroatoms. The molecule has 0 atom stereocenters. The monoisotopic (exact) mass is 325 g/mol. The molecule has 0 saturated heterocycles. The van der Waals surface area contributed by atoms with E-state index in [-0.39, 0.29) is 10.7 Å². The second kappa shape index (κ2) is 5.85. The van der Waals surface area contributed by atoms with Gasteiger partial charge in [-0.2, -0.15) is 0 Å². The highest BCUT2D eigenvalue weighted by Crippen LogP contribution is 2.22. The second-order valence-corrected chi connectivity index (χ2v) is 6.93. The summed E-state index contributed by atoms with van der Waals surface area (Å²) in [4.78, 5) is 11.4. The van der Waals surface area contributed by atoms with Crippen LogP contribution in [0.3, 0.4) is 0 Å². The SMILES string of the molecule is CC(=O)c1ccc(S(=O)(=O)Nc2ccc3ccccc3c2)cc1. The fourth-order valence-electron chi connectivity index (χ4n) is 2.34. The molecule has 3 rings (SSSR count). The van der Waals surface area contributed by atoms with Crippen molar-refractivity contribution in [3.8, 4) is 0 Å². The van der Waals surface area contributed by atoms with Gasteiger partial charge in [-0.3, -0.25) is 9.52 Å². The van der Waals surface area contributed by atoms with Crippen LogP contribution in [-0.4, -0.2) is 14.2 Å². The summed E-state index contributed by atoms with van der Waals surface area (Å²) >= 11 is 0. The number of carbonyl (C=O) groups is 1. The van der Waals surface area contributed by atoms with Gasteiger partial charge in [0.25, 0.3) is 10.0 Å². The number of sulfonamides is 1. The Hall–Kier alpha value is -2.66. The van der Waals surface area contributed by atoms with Gasteiger partial charge < -0.3 is 0 Å². The normalized spacial score (nSPS) is 11.3. The lowest BCUT2D eigenvalue weighted by molar-refractivity contribution is 0.101. The Balaban J connectivity index is 1.91. The van der Waals surface area contributed by atoms with Gasteiger partial charge in [-0.05, 0) is 42.0 Å². The molecule has 0 unspecified atom stereocenters. The second-order valence-electron chi connectivity index (χ2n) is 5.25. The summed E-state index contributed by atoms with van der Waals surface area (Å²) in [6, 6.07) is 19.0. The first-order chi connectivity index (χ1) is 11.0. The van der Waals surface area contributed by atoms with Crippen molar-refractivity contribution >= 4 is 32.3 Å². The lowest BCUT2D eigenvalue weighted by atomic mass is 10.1. The van der Waals surface area contributed by atoms with E-state index >= 15 is 0 Å². The third kappa shape index (κ3) is 3.24. The van der Waals surface area contributed by atoms with Crippen molar-refractivity contribution in [2.75, 3.05) is 4.72 Å². The number of nitrogens with one attached hydrogen (secondary N) is 1. The van der Waals surface area contributed by atoms with Crippen molar-refractivity contribution in [1.29, 1.82) is 0 Å². The van der Waals surface area contributed by atoms with Crippen LogP contribution in [0.1, 0.15) is 17.3 Å². The molecule has 4 nitrogen and oxygen atoms in total. The van der Waals surface area contributed by atoms with Gasteiger partial charge in [0.15, 0.2) is 5.78 Å². The average Bonchev–Trinajstić information content (AvgIpc) is 2.54. The zero-order chi connectivity index (χ0) is 16.4. The third-order valence-electron chi connectivity index (χ3n) is 3.57. The molecule has 23 heavy (non-hydrogen) atoms. The highest BCUT2D eigenvalue weighted by atomic mass is 32.2. The quantitative estimate of drug-likeness (QED) is 0.741. The largest absolute Gasteiger partial charge is 0.295 e. The van der Waals surface area contributed by atoms with Crippen molar-refractivity contribution in [2.24, 2.45) is 0 Å². The molecule has 0 aliphatic rings. The molecule has 0 bridgehead atoms. The summed E-state index contributed by atoms with van der Waals surface area (Å²) in [5, 5.41) is 2.00. The van der Waals surface area contributed by atoms with Gasteiger partial charge in [0.1, 0.15) is 0 Å². The molecule has 0 radical (unpaired) electrons. The fraction of sp³-hybridized carbons (Fsp3) is 0.0556. The minimum Gasteiger partial charge on any atom is -0.295 e. The Bertz CT molecular complexity index is 977. The summed E-state index contributed by atoms with van der Waals surface area (Å²) in [6.45, 7) is 1.44. The predicted octanol–water partition coefficient (Wildman–Crippen LogP) is 3.84. The molecule has 0 aliphatic heterocycles. The maximum absolute atomic E-state index is 12.4. The predicted molar refractivity (Wildman–Crippen MR) is 91.2 cm³/mol. The van der Waals surface area contributed by atoms with E-state index < -0.39 is 10.0 Å². The van der Waals surface area contributed by atoms with E-state index in [4.69, 9.17) is 0 Å². The summed E-state index contributed by atoms with van der Waals surface area (Å²) < 4.78 is 27.4. The highest BCUT2D eigenvalue weighted by Gasteiger charge is 2.14. The molecule has 0 fully saturated rings. The minimum absolute atomic E-state index is 0.101. The topological polar surface area (TPSA) is 63.2 Å². The van der Waals surface area contributed by atoms with Crippen molar-refractivity contribution in [3.05, 3.63) is 72.3 Å². The van der Waals surface area contributed by atoms with Gasteiger partial charge in [0, 0.05) is 11.3 Å². The zero-order valence-corrected chi connectivity index (χ0v) is 13.3. The number of ketones is 1. The average molecular weight is 325 g/mol. The fourth-order valence-corrected chi connectivity index (χ4v) is 3.39. The van der Waals surface area contributed by atoms with Gasteiger partial charge in [-0.25, -0.2) is 8.42 Å². The zero-order valence-electron chi connectivity index (χ0n) is 12.5. The molecule has 3 aromatic rings. The molecule has 0 aromatic heterocycles. The van der Waals surface area contributed by atoms with Crippen LogP contribution in [0.5, 0.6) is 0 Å². The van der Waals surface area contributed by atoms with Gasteiger partial charge in [0.05, 0.1) is 4.90 Å². The summed E-state index contributed by atoms with van der Waals surface area (Å²) in [5.74, 6) is -0.101. The van der Waals surface area contributed by atoms with Crippen LogP contribution in [0.15, 0.2) is 71.6 Å². The van der Waals surface area contributed by atoms with Crippen LogP contribution in [-0.2, 0) is 10.0 Å². The summed E-state index contributed by atoms with van der Waals surface area (Å²) in [5.41, 5.74) is 0.981. The number of rotatable bonds is 4. The van der Waals surface area contributed by atoms with Crippen molar-refractivity contribution < 1.29 is 13.2 Å². The molecular weight excluding hydrogens is 310 g/mol. The number of anilines is 1. The molecule has 3 aromatic carbocycles. The molecule has 1 N–H and O–H groups in total. The van der Waals surface area contributed by atoms with Crippen LogP contribution in [0.2, 0.25) is 0 Å². The van der Waals surface area contributed by atoms with Crippen LogP contribution >= 0.6 is 0 Å². The maximum atomic E-state index is 12.4. The Labute approximate surface area is 134 Å². The first-order valence-corrected chi connectivity index (χ1v) is 8.57. The molecule has 0 spiro atoms. The van der Waals surface area contributed by atoms with Crippen LogP contribution in [0.25, 0.3) is 10.8 Å². The standard InChI is InChI=1S/C18H15NO3S/c1-13(20)14-7-10-18(11-8-14)23(21,22)19-17-9-6-15-4-2-3-5-16(15)12-17/h2-12,19H,1H3. The van der Waals surface area contributed by atoms with Crippen molar-refractivity contribution in [1.82, 2.24) is 0 Å². The Morgan fingerprint density at radius 2 is 1.52 bits per heavy atom. The molecule has 0 heterocycles. The van der Waals surface area contributed by atoms with E-state index in [9.17, 15) is 13.2 Å². The van der Waals surface area contributed by atoms with E-state index in [2.05, 4.69) is 4.72 Å². The first-order valence-electron chi connectivity index (χ1n) is 7.08. The minimum atomic E-state index is -3.69. The summed E-state index contributed by atoms with van der Waals surface area (Å²) in [7, 11) is -3.69. The van der Waals surface area contributed by atoms with E-state index in [1.165, 1.54) is 31.2 Å². The number of Topliss-reactive ketones (excluding diaryl/α,β-unsaturated/α-hetero) is 1. The van der Waals surface area contributed by atoms with E-state index in [0.717, 1.165) is 10.8 Å². The van der Waals surface area contributed by atoms with Gasteiger partial charge in [-0.1, -0.05) is 42.5 Å². The lowest BCUT2D eigenvalue weighted by Gasteiger charge is -2.09. The Morgan fingerprint density at radius 1 is 0.870 bits per heavy atom. The molecule has 0 aliphatic carbocycles. The number of hydrogen-bond acceptors (Lipinski definition) is 3.